The Hall–Kier alpha value is -2.55. The molecule has 0 radical (unpaired) electrons. The summed E-state index contributed by atoms with van der Waals surface area (Å²) in [5.74, 6) is 0.500. The first kappa shape index (κ1) is 28.6. The van der Waals surface area contributed by atoms with Gasteiger partial charge in [-0.2, -0.15) is 0 Å². The maximum absolute atomic E-state index is 13.4. The number of methoxy groups -OCH3 is 1. The highest BCUT2D eigenvalue weighted by molar-refractivity contribution is 7.90. The van der Waals surface area contributed by atoms with Crippen LogP contribution in [0.15, 0.2) is 53.4 Å². The molecule has 5 atom stereocenters. The monoisotopic (exact) mass is 598 g/mol. The van der Waals surface area contributed by atoms with Crippen molar-refractivity contribution in [3.63, 3.8) is 0 Å². The van der Waals surface area contributed by atoms with Crippen molar-refractivity contribution < 1.29 is 22.7 Å². The van der Waals surface area contributed by atoms with E-state index >= 15 is 0 Å². The van der Waals surface area contributed by atoms with Gasteiger partial charge in [-0.3, -0.25) is 4.79 Å². The zero-order valence-corrected chi connectivity index (χ0v) is 25.3. The zero-order chi connectivity index (χ0) is 28.8. The quantitative estimate of drug-likeness (QED) is 0.427. The molecule has 2 bridgehead atoms. The number of carbonyl (C=O) groups is 1. The highest BCUT2D eigenvalue weighted by atomic mass is 35.5. The molecule has 2 aromatic rings. The predicted octanol–water partition coefficient (Wildman–Crippen LogP) is 5.65. The minimum Gasteiger partial charge on any atom is -0.490 e. The molecule has 1 saturated carbocycles. The first-order chi connectivity index (χ1) is 19.7. The summed E-state index contributed by atoms with van der Waals surface area (Å²) in [7, 11) is -2.28. The fourth-order valence-electron chi connectivity index (χ4n) is 7.19. The summed E-state index contributed by atoms with van der Waals surface area (Å²) in [6, 6.07) is 11.2. The van der Waals surface area contributed by atoms with Crippen LogP contribution in [0.25, 0.3) is 0 Å². The normalized spacial score (nSPS) is 32.0. The molecule has 1 amide bonds. The van der Waals surface area contributed by atoms with Crippen molar-refractivity contribution in [3.8, 4) is 5.75 Å². The molecule has 2 aliphatic carbocycles. The molecule has 6 rings (SSSR count). The highest BCUT2D eigenvalue weighted by Gasteiger charge is 2.44. The number of rotatable bonds is 1. The molecule has 2 aromatic carbocycles. The van der Waals surface area contributed by atoms with Gasteiger partial charge >= 0.3 is 0 Å². The molecule has 7 nitrogen and oxygen atoms in total. The van der Waals surface area contributed by atoms with Gasteiger partial charge in [0.2, 0.25) is 5.91 Å². The van der Waals surface area contributed by atoms with Gasteiger partial charge in [-0.05, 0) is 98.2 Å². The second-order valence-corrected chi connectivity index (χ2v) is 14.4. The van der Waals surface area contributed by atoms with Crippen molar-refractivity contribution >= 4 is 33.2 Å². The number of hydrogen-bond donors (Lipinski definition) is 1. The standard InChI is InChI=1S/C32H39ClN2O5S/c1-21-6-3-4-8-29(39-2)26-12-9-23(26)18-35-19-32(15-5-7-22-16-24(33)10-13-27(22)32)20-40-30-14-11-25(17-28(30)35)41(37,38)34-31(21)36/h4,8,10-11,13-14,16-17,21,23,26,29H,3,5-7,9,12,15,18-20H2,1-2H3,(H,34,36)/b8-4-/t21-,23-,26+,29-,32-/m0/s1. The van der Waals surface area contributed by atoms with Gasteiger partial charge in [0.1, 0.15) is 5.75 Å². The van der Waals surface area contributed by atoms with E-state index in [1.54, 1.807) is 32.2 Å². The highest BCUT2D eigenvalue weighted by Crippen LogP contribution is 2.47. The van der Waals surface area contributed by atoms with Gasteiger partial charge < -0.3 is 14.4 Å². The van der Waals surface area contributed by atoms with Crippen LogP contribution in [0.2, 0.25) is 5.02 Å². The summed E-state index contributed by atoms with van der Waals surface area (Å²) in [4.78, 5) is 15.3. The van der Waals surface area contributed by atoms with E-state index in [9.17, 15) is 13.2 Å². The second kappa shape index (κ2) is 11.3. The molecule has 220 valence electrons. The van der Waals surface area contributed by atoms with Crippen LogP contribution >= 0.6 is 11.6 Å². The van der Waals surface area contributed by atoms with Crippen LogP contribution in [0.5, 0.6) is 5.75 Å². The number of amides is 1. The lowest BCUT2D eigenvalue weighted by molar-refractivity contribution is -0.122. The largest absolute Gasteiger partial charge is 0.490 e. The number of benzene rings is 2. The summed E-state index contributed by atoms with van der Waals surface area (Å²) >= 11 is 6.39. The van der Waals surface area contributed by atoms with Gasteiger partial charge in [0.05, 0.1) is 23.3 Å². The Labute approximate surface area is 248 Å². The van der Waals surface area contributed by atoms with Crippen molar-refractivity contribution in [2.75, 3.05) is 31.7 Å². The van der Waals surface area contributed by atoms with Gasteiger partial charge in [0, 0.05) is 36.6 Å². The third kappa shape index (κ3) is 5.51. The molecule has 4 aliphatic rings. The molecule has 0 aromatic heterocycles. The number of sulfonamides is 1. The topological polar surface area (TPSA) is 84.9 Å². The minimum absolute atomic E-state index is 0.00621. The molecule has 41 heavy (non-hydrogen) atoms. The Bertz CT molecular complexity index is 1460. The fraction of sp³-hybridized carbons (Fsp3) is 0.531. The van der Waals surface area contributed by atoms with E-state index in [2.05, 4.69) is 33.9 Å². The van der Waals surface area contributed by atoms with Crippen molar-refractivity contribution in [1.82, 2.24) is 4.72 Å². The Balaban J connectivity index is 1.44. The van der Waals surface area contributed by atoms with Gasteiger partial charge in [-0.1, -0.05) is 36.7 Å². The molecule has 1 N–H and O–H groups in total. The number of nitrogens with one attached hydrogen (secondary N) is 1. The fourth-order valence-corrected chi connectivity index (χ4v) is 8.49. The molecule has 2 aliphatic heterocycles. The number of aryl methyl sites for hydroxylation is 1. The van der Waals surface area contributed by atoms with Crippen LogP contribution in [-0.4, -0.2) is 47.2 Å². The maximum Gasteiger partial charge on any atom is 0.264 e. The van der Waals surface area contributed by atoms with Crippen molar-refractivity contribution in [2.24, 2.45) is 17.8 Å². The van der Waals surface area contributed by atoms with E-state index in [4.69, 9.17) is 21.1 Å². The average Bonchev–Trinajstić information content (AvgIpc) is 3.08. The summed E-state index contributed by atoms with van der Waals surface area (Å²) in [5, 5.41) is 0.742. The van der Waals surface area contributed by atoms with E-state index < -0.39 is 21.8 Å². The van der Waals surface area contributed by atoms with E-state index in [-0.39, 0.29) is 16.4 Å². The van der Waals surface area contributed by atoms with Crippen molar-refractivity contribution in [1.29, 1.82) is 0 Å². The van der Waals surface area contributed by atoms with E-state index in [1.807, 2.05) is 6.07 Å². The summed E-state index contributed by atoms with van der Waals surface area (Å²) in [5.41, 5.74) is 3.04. The molecule has 1 spiro atoms. The number of halogens is 1. The van der Waals surface area contributed by atoms with Gasteiger partial charge in [-0.25, -0.2) is 13.1 Å². The number of hydrogen-bond acceptors (Lipinski definition) is 6. The van der Waals surface area contributed by atoms with E-state index in [0.717, 1.165) is 49.4 Å². The first-order valence-electron chi connectivity index (χ1n) is 14.8. The van der Waals surface area contributed by atoms with E-state index in [0.29, 0.717) is 43.6 Å². The number of nitrogens with zero attached hydrogens (tertiary/aromatic N) is 1. The van der Waals surface area contributed by atoms with Crippen molar-refractivity contribution in [2.45, 2.75) is 68.3 Å². The third-order valence-electron chi connectivity index (χ3n) is 9.72. The number of allylic oxidation sites excluding steroid dienone is 1. The lowest BCUT2D eigenvalue weighted by Crippen LogP contribution is -2.49. The van der Waals surface area contributed by atoms with Crippen LogP contribution in [0.1, 0.15) is 56.6 Å². The second-order valence-electron chi connectivity index (χ2n) is 12.3. The van der Waals surface area contributed by atoms with Gasteiger partial charge in [0.25, 0.3) is 10.0 Å². The van der Waals surface area contributed by atoms with Gasteiger partial charge in [0.15, 0.2) is 0 Å². The van der Waals surface area contributed by atoms with Crippen molar-refractivity contribution in [3.05, 3.63) is 64.7 Å². The number of anilines is 1. The lowest BCUT2D eigenvalue weighted by atomic mass is 9.68. The van der Waals surface area contributed by atoms with Crippen LogP contribution in [0.3, 0.4) is 0 Å². The Morgan fingerprint density at radius 1 is 1.15 bits per heavy atom. The first-order valence-corrected chi connectivity index (χ1v) is 16.6. The average molecular weight is 599 g/mol. The minimum atomic E-state index is -4.05. The van der Waals surface area contributed by atoms with Crippen LogP contribution in [-0.2, 0) is 31.4 Å². The summed E-state index contributed by atoms with van der Waals surface area (Å²) in [6.07, 6.45) is 10.6. The Morgan fingerprint density at radius 2 is 2.00 bits per heavy atom. The molecule has 9 heteroatoms. The molecular formula is C32H39ClN2O5S. The molecular weight excluding hydrogens is 560 g/mol. The molecule has 1 fully saturated rings. The smallest absolute Gasteiger partial charge is 0.264 e. The third-order valence-corrected chi connectivity index (χ3v) is 11.3. The number of ether oxygens (including phenoxy) is 2. The Morgan fingerprint density at radius 3 is 2.78 bits per heavy atom. The number of fused-ring (bicyclic) bond motifs is 4. The van der Waals surface area contributed by atoms with E-state index in [1.165, 1.54) is 11.1 Å². The molecule has 0 saturated heterocycles. The number of carbonyl (C=O) groups excluding carboxylic acids is 1. The SMILES string of the molecule is CO[C@H]1/C=C\CC[C@H](C)C(=O)NS(=O)(=O)c2ccc3c(c2)N(C[C@@H]2CC[C@H]21)C[C@@]1(CCCc2cc(Cl)ccc21)CO3. The molecule has 0 unspecified atom stereocenters. The zero-order valence-electron chi connectivity index (χ0n) is 23.8. The maximum atomic E-state index is 13.4. The summed E-state index contributed by atoms with van der Waals surface area (Å²) in [6.45, 7) is 3.74. The van der Waals surface area contributed by atoms with Crippen LogP contribution < -0.4 is 14.4 Å². The predicted molar refractivity (Wildman–Crippen MR) is 160 cm³/mol. The van der Waals surface area contributed by atoms with Crippen LogP contribution in [0, 0.1) is 17.8 Å². The lowest BCUT2D eigenvalue weighted by Gasteiger charge is -2.46. The van der Waals surface area contributed by atoms with Crippen LogP contribution in [0.4, 0.5) is 5.69 Å². The Kier molecular flexibility index (Phi) is 7.85. The molecule has 2 heterocycles. The summed E-state index contributed by atoms with van der Waals surface area (Å²) < 4.78 is 41.6. The van der Waals surface area contributed by atoms with Gasteiger partial charge in [-0.15, -0.1) is 0 Å².